The largest absolute Gasteiger partial charge is 0.394 e. The molecular formula is C32H35N9O3. The number of benzene rings is 1. The molecule has 0 saturated carbocycles. The number of pyridine rings is 2. The van der Waals surface area contributed by atoms with E-state index in [9.17, 15) is 9.90 Å². The van der Waals surface area contributed by atoms with Crippen molar-refractivity contribution in [3.8, 4) is 11.5 Å². The molecule has 3 aliphatic rings. The third-order valence-electron chi connectivity index (χ3n) is 9.04. The Morgan fingerprint density at radius 2 is 1.86 bits per heavy atom. The predicted molar refractivity (Wildman–Crippen MR) is 168 cm³/mol. The molecule has 12 heteroatoms. The average molecular weight is 594 g/mol. The summed E-state index contributed by atoms with van der Waals surface area (Å²) in [7, 11) is 1.80. The van der Waals surface area contributed by atoms with Gasteiger partial charge in [0.1, 0.15) is 11.6 Å². The molecule has 1 aromatic carbocycles. The Hall–Kier alpha value is -4.81. The van der Waals surface area contributed by atoms with Crippen LogP contribution in [0.5, 0.6) is 0 Å². The molecule has 2 bridgehead atoms. The number of aliphatic hydroxyl groups is 1. The number of nitrogens with zero attached hydrogens (tertiary/aromatic N) is 7. The van der Waals surface area contributed by atoms with Crippen LogP contribution in [0, 0.1) is 0 Å². The zero-order valence-electron chi connectivity index (χ0n) is 24.6. The number of aryl methyl sites for hydroxylation is 1. The number of aliphatic hydroxyl groups excluding tert-OH is 1. The molecule has 0 amide bonds. The van der Waals surface area contributed by atoms with Crippen molar-refractivity contribution in [2.24, 2.45) is 7.05 Å². The molecule has 12 nitrogen and oxygen atoms in total. The fraction of sp³-hybridized carbons (Fsp3) is 0.344. The summed E-state index contributed by atoms with van der Waals surface area (Å²) in [6, 6.07) is 14.7. The molecule has 226 valence electrons. The number of hydrogen-bond donors (Lipinski definition) is 3. The van der Waals surface area contributed by atoms with Crippen molar-refractivity contribution in [1.29, 1.82) is 0 Å². The Bertz CT molecular complexity index is 1860. The molecule has 8 rings (SSSR count). The summed E-state index contributed by atoms with van der Waals surface area (Å²) < 4.78 is 9.18. The van der Waals surface area contributed by atoms with Crippen LogP contribution in [-0.4, -0.2) is 65.7 Å². The highest BCUT2D eigenvalue weighted by atomic mass is 16.5. The van der Waals surface area contributed by atoms with Crippen molar-refractivity contribution in [1.82, 2.24) is 34.4 Å². The van der Waals surface area contributed by atoms with Crippen LogP contribution in [0.2, 0.25) is 0 Å². The summed E-state index contributed by atoms with van der Waals surface area (Å²) in [6.07, 6.45) is 6.45. The zero-order valence-corrected chi connectivity index (χ0v) is 24.6. The van der Waals surface area contributed by atoms with E-state index in [1.165, 1.54) is 0 Å². The first-order valence-corrected chi connectivity index (χ1v) is 14.9. The smallest absolute Gasteiger partial charge is 0.276 e. The van der Waals surface area contributed by atoms with Gasteiger partial charge in [-0.2, -0.15) is 4.98 Å². The molecule has 3 aliphatic heterocycles. The van der Waals surface area contributed by atoms with E-state index in [4.69, 9.17) is 14.5 Å². The van der Waals surface area contributed by atoms with Crippen LogP contribution in [0.15, 0.2) is 76.7 Å². The Labute approximate surface area is 254 Å². The summed E-state index contributed by atoms with van der Waals surface area (Å²) in [6.45, 7) is 7.17. The number of fused-ring (bicyclic) bond motifs is 4. The first-order valence-electron chi connectivity index (χ1n) is 14.9. The van der Waals surface area contributed by atoms with Gasteiger partial charge in [0.15, 0.2) is 11.5 Å². The first kappa shape index (κ1) is 28.0. The second-order valence-electron chi connectivity index (χ2n) is 11.6. The Kier molecular flexibility index (Phi) is 7.23. The monoisotopic (exact) mass is 593 g/mol. The van der Waals surface area contributed by atoms with Crippen molar-refractivity contribution >= 4 is 28.4 Å². The fourth-order valence-corrected chi connectivity index (χ4v) is 6.41. The molecule has 7 heterocycles. The molecule has 0 aliphatic carbocycles. The summed E-state index contributed by atoms with van der Waals surface area (Å²) >= 11 is 0. The molecule has 1 atom stereocenters. The van der Waals surface area contributed by atoms with Crippen LogP contribution in [0.25, 0.3) is 22.5 Å². The number of hydrogen-bond acceptors (Lipinski definition) is 10. The van der Waals surface area contributed by atoms with Crippen molar-refractivity contribution in [2.75, 3.05) is 36.9 Å². The van der Waals surface area contributed by atoms with E-state index in [0.29, 0.717) is 46.4 Å². The van der Waals surface area contributed by atoms with Gasteiger partial charge in [-0.15, -0.1) is 6.58 Å². The summed E-state index contributed by atoms with van der Waals surface area (Å²) in [5.74, 6) is 2.18. The van der Waals surface area contributed by atoms with E-state index in [2.05, 4.69) is 32.3 Å². The van der Waals surface area contributed by atoms with Gasteiger partial charge in [-0.25, -0.2) is 14.6 Å². The fourth-order valence-electron chi connectivity index (χ4n) is 6.41. The second kappa shape index (κ2) is 11.4. The third kappa shape index (κ3) is 4.95. The lowest BCUT2D eigenvalue weighted by molar-refractivity contribution is 0.0747. The van der Waals surface area contributed by atoms with Gasteiger partial charge in [0.05, 0.1) is 35.8 Å². The number of allylic oxidation sites excluding steroid dienone is 1. The maximum absolute atomic E-state index is 12.8. The molecular weight excluding hydrogens is 558 g/mol. The van der Waals surface area contributed by atoms with Crippen LogP contribution in [-0.2, 0) is 19.0 Å². The van der Waals surface area contributed by atoms with Crippen LogP contribution in [0.4, 0.5) is 17.3 Å². The van der Waals surface area contributed by atoms with Crippen molar-refractivity contribution < 1.29 is 9.63 Å². The maximum Gasteiger partial charge on any atom is 0.276 e. The third-order valence-corrected chi connectivity index (χ3v) is 9.04. The molecule has 0 radical (unpaired) electrons. The topological polar surface area (TPSA) is 139 Å². The number of nitrogens with one attached hydrogen (secondary N) is 2. The van der Waals surface area contributed by atoms with Gasteiger partial charge >= 0.3 is 0 Å². The number of aromatic nitrogens is 6. The lowest BCUT2D eigenvalue weighted by Crippen LogP contribution is -2.51. The Morgan fingerprint density at radius 1 is 1.09 bits per heavy atom. The van der Waals surface area contributed by atoms with E-state index < -0.39 is 0 Å². The minimum absolute atomic E-state index is 0.0499. The lowest BCUT2D eigenvalue weighted by Gasteiger charge is -2.46. The van der Waals surface area contributed by atoms with Gasteiger partial charge in [0, 0.05) is 24.7 Å². The van der Waals surface area contributed by atoms with E-state index in [0.717, 1.165) is 50.3 Å². The van der Waals surface area contributed by atoms with Crippen molar-refractivity contribution in [3.63, 3.8) is 0 Å². The number of anilines is 3. The molecule has 0 spiro atoms. The number of rotatable bonds is 10. The summed E-state index contributed by atoms with van der Waals surface area (Å²) in [4.78, 5) is 29.5. The highest BCUT2D eigenvalue weighted by Gasteiger charge is 2.44. The number of piperidine rings is 3. The van der Waals surface area contributed by atoms with Crippen LogP contribution < -0.4 is 16.2 Å². The maximum atomic E-state index is 12.8. The molecule has 3 saturated heterocycles. The van der Waals surface area contributed by atoms with Gasteiger partial charge in [0.25, 0.3) is 11.4 Å². The molecule has 44 heavy (non-hydrogen) atoms. The first-order chi connectivity index (χ1) is 21.5. The Balaban J connectivity index is 1.24. The molecule has 5 aromatic rings. The summed E-state index contributed by atoms with van der Waals surface area (Å²) in [5, 5.41) is 22.1. The van der Waals surface area contributed by atoms with Gasteiger partial charge in [-0.05, 0) is 56.6 Å². The van der Waals surface area contributed by atoms with E-state index >= 15 is 0 Å². The highest BCUT2D eigenvalue weighted by molar-refractivity contribution is 5.79. The summed E-state index contributed by atoms with van der Waals surface area (Å²) in [5.41, 5.74) is 2.62. The Morgan fingerprint density at radius 3 is 2.59 bits per heavy atom. The minimum Gasteiger partial charge on any atom is -0.394 e. The van der Waals surface area contributed by atoms with Crippen molar-refractivity contribution in [3.05, 3.63) is 89.1 Å². The molecule has 0 unspecified atom stereocenters. The van der Waals surface area contributed by atoms with Crippen LogP contribution in [0.1, 0.15) is 36.7 Å². The SMILES string of the molecule is C=CCn1c(=O)c2ccc(Nc3cc(N[C@H](CO)c4ccccc4)c(-c4nc(C56CCN(CC5)CC6)no4)cn3)nc2n1C. The quantitative estimate of drug-likeness (QED) is 0.204. The molecule has 3 N–H and O–H groups in total. The predicted octanol–water partition coefficient (Wildman–Crippen LogP) is 3.99. The van der Waals surface area contributed by atoms with Gasteiger partial charge < -0.3 is 25.2 Å². The average Bonchev–Trinajstić information content (AvgIpc) is 3.66. The molecule has 3 fully saturated rings. The van der Waals surface area contributed by atoms with Gasteiger partial charge in [0.2, 0.25) is 0 Å². The minimum atomic E-state index is -0.387. The zero-order chi connectivity index (χ0) is 30.3. The van der Waals surface area contributed by atoms with E-state index in [1.807, 2.05) is 36.4 Å². The standard InChI is InChI=1S/C32H35N9O3/c1-3-14-41-30(43)22-9-10-26(36-28(22)39(41)2)35-27-18-24(34-25(20-42)21-7-5-4-6-8-21)23(19-33-27)29-37-31(38-44-29)32-11-15-40(16-12-32)17-13-32/h3-10,18-19,25,42H,1,11-17,20H2,2H3,(H2,33,34,35,36)/t25-/m1/s1. The second-order valence-corrected chi connectivity index (χ2v) is 11.6. The van der Waals surface area contributed by atoms with Gasteiger partial charge in [-0.1, -0.05) is 41.6 Å². The van der Waals surface area contributed by atoms with Crippen LogP contribution in [0.3, 0.4) is 0 Å². The normalized spacial score (nSPS) is 20.1. The highest BCUT2D eigenvalue weighted by Crippen LogP contribution is 2.42. The van der Waals surface area contributed by atoms with E-state index in [-0.39, 0.29) is 23.6 Å². The van der Waals surface area contributed by atoms with Gasteiger partial charge in [-0.3, -0.25) is 9.48 Å². The lowest BCUT2D eigenvalue weighted by atomic mass is 9.71. The van der Waals surface area contributed by atoms with Crippen molar-refractivity contribution in [2.45, 2.75) is 37.3 Å². The van der Waals surface area contributed by atoms with E-state index in [1.54, 1.807) is 40.8 Å². The molecule has 4 aromatic heterocycles. The van der Waals surface area contributed by atoms with Crippen LogP contribution >= 0.6 is 0 Å².